The summed E-state index contributed by atoms with van der Waals surface area (Å²) >= 11 is 6.38. The SMILES string of the molecule is Clc1nc(-c2ccc3c(ccc4ccccc43)c2)nc(-c2ccccc2-c2ccccc2)n1. The molecule has 0 saturated heterocycles. The van der Waals surface area contributed by atoms with E-state index in [0.29, 0.717) is 11.6 Å². The Morgan fingerprint density at radius 2 is 1.12 bits per heavy atom. The molecule has 0 N–H and O–H groups in total. The summed E-state index contributed by atoms with van der Waals surface area (Å²) in [5, 5.41) is 4.96. The number of rotatable bonds is 3. The molecule has 0 saturated carbocycles. The van der Waals surface area contributed by atoms with Gasteiger partial charge in [-0.15, -0.1) is 0 Å². The van der Waals surface area contributed by atoms with Crippen molar-refractivity contribution < 1.29 is 0 Å². The van der Waals surface area contributed by atoms with Crippen LogP contribution in [0.3, 0.4) is 0 Å². The minimum Gasteiger partial charge on any atom is -0.208 e. The van der Waals surface area contributed by atoms with E-state index >= 15 is 0 Å². The predicted molar refractivity (Wildman–Crippen MR) is 136 cm³/mol. The van der Waals surface area contributed by atoms with Gasteiger partial charge in [0.1, 0.15) is 0 Å². The zero-order chi connectivity index (χ0) is 22.2. The van der Waals surface area contributed by atoms with Gasteiger partial charge >= 0.3 is 0 Å². The molecule has 6 rings (SSSR count). The number of nitrogens with zero attached hydrogens (tertiary/aromatic N) is 3. The average molecular weight is 444 g/mol. The fraction of sp³-hybridized carbons (Fsp3) is 0. The van der Waals surface area contributed by atoms with Crippen LogP contribution in [0.15, 0.2) is 109 Å². The second kappa shape index (κ2) is 8.12. The fourth-order valence-electron chi connectivity index (χ4n) is 4.30. The molecule has 1 heterocycles. The summed E-state index contributed by atoms with van der Waals surface area (Å²) in [6.45, 7) is 0. The molecule has 0 unspecified atom stereocenters. The fourth-order valence-corrected chi connectivity index (χ4v) is 4.46. The molecule has 0 aliphatic rings. The summed E-state index contributed by atoms with van der Waals surface area (Å²) in [7, 11) is 0. The van der Waals surface area contributed by atoms with Crippen molar-refractivity contribution >= 4 is 33.1 Å². The van der Waals surface area contributed by atoms with Crippen LogP contribution in [-0.4, -0.2) is 15.0 Å². The second-order valence-corrected chi connectivity index (χ2v) is 8.22. The normalized spacial score (nSPS) is 11.2. The number of hydrogen-bond acceptors (Lipinski definition) is 3. The first-order chi connectivity index (χ1) is 16.3. The Balaban J connectivity index is 1.50. The first kappa shape index (κ1) is 19.6. The third-order valence-corrected chi connectivity index (χ3v) is 6.03. The molecule has 0 bridgehead atoms. The van der Waals surface area contributed by atoms with Crippen molar-refractivity contribution in [1.29, 1.82) is 0 Å². The van der Waals surface area contributed by atoms with Crippen LogP contribution in [0, 0.1) is 0 Å². The molecular weight excluding hydrogens is 426 g/mol. The molecule has 0 atom stereocenters. The highest BCUT2D eigenvalue weighted by Crippen LogP contribution is 2.33. The Labute approximate surface area is 196 Å². The van der Waals surface area contributed by atoms with Gasteiger partial charge in [0.05, 0.1) is 0 Å². The molecule has 5 aromatic carbocycles. The van der Waals surface area contributed by atoms with Gasteiger partial charge in [-0.05, 0) is 50.3 Å². The third kappa shape index (κ3) is 3.63. The lowest BCUT2D eigenvalue weighted by atomic mass is 9.99. The van der Waals surface area contributed by atoms with Crippen molar-refractivity contribution in [2.24, 2.45) is 0 Å². The van der Waals surface area contributed by atoms with Crippen LogP contribution in [0.2, 0.25) is 5.28 Å². The number of hydrogen-bond donors (Lipinski definition) is 0. The van der Waals surface area contributed by atoms with Gasteiger partial charge in [0.15, 0.2) is 11.6 Å². The van der Waals surface area contributed by atoms with Gasteiger partial charge in [-0.1, -0.05) is 103 Å². The lowest BCUT2D eigenvalue weighted by Gasteiger charge is -2.11. The molecule has 0 radical (unpaired) electrons. The highest BCUT2D eigenvalue weighted by molar-refractivity contribution is 6.28. The number of benzene rings is 5. The van der Waals surface area contributed by atoms with Crippen molar-refractivity contribution in [2.45, 2.75) is 0 Å². The number of aromatic nitrogens is 3. The van der Waals surface area contributed by atoms with Crippen molar-refractivity contribution in [1.82, 2.24) is 15.0 Å². The lowest BCUT2D eigenvalue weighted by Crippen LogP contribution is -1.98. The quantitative estimate of drug-likeness (QED) is 0.261. The van der Waals surface area contributed by atoms with Crippen LogP contribution in [0.1, 0.15) is 0 Å². The molecule has 0 aliphatic carbocycles. The maximum absolute atomic E-state index is 6.38. The third-order valence-electron chi connectivity index (χ3n) is 5.86. The first-order valence-corrected chi connectivity index (χ1v) is 11.1. The van der Waals surface area contributed by atoms with Gasteiger partial charge in [-0.3, -0.25) is 0 Å². The van der Waals surface area contributed by atoms with Crippen LogP contribution < -0.4 is 0 Å². The topological polar surface area (TPSA) is 38.7 Å². The minimum atomic E-state index is 0.177. The molecular formula is C29H18ClN3. The summed E-state index contributed by atoms with van der Waals surface area (Å²) < 4.78 is 0. The summed E-state index contributed by atoms with van der Waals surface area (Å²) in [6, 6.07) is 37.3. The van der Waals surface area contributed by atoms with Crippen molar-refractivity contribution in [3.63, 3.8) is 0 Å². The number of fused-ring (bicyclic) bond motifs is 3. The lowest BCUT2D eigenvalue weighted by molar-refractivity contribution is 1.07. The summed E-state index contributed by atoms with van der Waals surface area (Å²) in [4.78, 5) is 13.7. The van der Waals surface area contributed by atoms with Crippen LogP contribution in [0.25, 0.3) is 55.4 Å². The summed E-state index contributed by atoms with van der Waals surface area (Å²) in [5.74, 6) is 1.12. The molecule has 3 nitrogen and oxygen atoms in total. The van der Waals surface area contributed by atoms with Gasteiger partial charge < -0.3 is 0 Å². The molecule has 0 spiro atoms. The maximum Gasteiger partial charge on any atom is 0.226 e. The van der Waals surface area contributed by atoms with E-state index in [1.807, 2.05) is 42.5 Å². The van der Waals surface area contributed by atoms with Crippen LogP contribution >= 0.6 is 11.6 Å². The molecule has 4 heteroatoms. The first-order valence-electron chi connectivity index (χ1n) is 10.7. The van der Waals surface area contributed by atoms with Gasteiger partial charge in [-0.25, -0.2) is 4.98 Å². The van der Waals surface area contributed by atoms with Gasteiger partial charge in [0.2, 0.25) is 5.28 Å². The monoisotopic (exact) mass is 443 g/mol. The van der Waals surface area contributed by atoms with Crippen molar-refractivity contribution in [2.75, 3.05) is 0 Å². The highest BCUT2D eigenvalue weighted by atomic mass is 35.5. The molecule has 0 aliphatic heterocycles. The summed E-state index contributed by atoms with van der Waals surface area (Å²) in [5.41, 5.74) is 3.97. The van der Waals surface area contributed by atoms with E-state index in [0.717, 1.165) is 27.6 Å². The Morgan fingerprint density at radius 3 is 2.00 bits per heavy atom. The smallest absolute Gasteiger partial charge is 0.208 e. The maximum atomic E-state index is 6.38. The van der Waals surface area contributed by atoms with Crippen LogP contribution in [-0.2, 0) is 0 Å². The Bertz CT molecular complexity index is 1630. The van der Waals surface area contributed by atoms with Crippen molar-refractivity contribution in [3.05, 3.63) is 114 Å². The average Bonchev–Trinajstić information content (AvgIpc) is 2.88. The minimum absolute atomic E-state index is 0.177. The molecule has 1 aromatic heterocycles. The Morgan fingerprint density at radius 1 is 0.455 bits per heavy atom. The zero-order valence-corrected chi connectivity index (χ0v) is 18.4. The summed E-state index contributed by atoms with van der Waals surface area (Å²) in [6.07, 6.45) is 0. The van der Waals surface area contributed by atoms with E-state index in [4.69, 9.17) is 16.6 Å². The molecule has 0 fully saturated rings. The van der Waals surface area contributed by atoms with Crippen molar-refractivity contribution in [3.8, 4) is 33.9 Å². The second-order valence-electron chi connectivity index (χ2n) is 7.89. The van der Waals surface area contributed by atoms with Crippen LogP contribution in [0.4, 0.5) is 0 Å². The van der Waals surface area contributed by atoms with Gasteiger partial charge in [0, 0.05) is 11.1 Å². The Kier molecular flexibility index (Phi) is 4.82. The molecule has 6 aromatic rings. The largest absolute Gasteiger partial charge is 0.226 e. The van der Waals surface area contributed by atoms with Crippen LogP contribution in [0.5, 0.6) is 0 Å². The van der Waals surface area contributed by atoms with E-state index in [9.17, 15) is 0 Å². The van der Waals surface area contributed by atoms with Gasteiger partial charge in [0.25, 0.3) is 0 Å². The molecule has 33 heavy (non-hydrogen) atoms. The standard InChI is InChI=1S/C29H18ClN3/c30-29-32-27(22-16-17-25-21(18-22)15-14-20-10-4-5-11-23(20)25)31-28(33-29)26-13-7-6-12-24(26)19-8-2-1-3-9-19/h1-18H. The predicted octanol–water partition coefficient (Wildman–Crippen LogP) is 7.83. The van der Waals surface area contributed by atoms with E-state index in [1.54, 1.807) is 0 Å². The zero-order valence-electron chi connectivity index (χ0n) is 17.6. The highest BCUT2D eigenvalue weighted by Gasteiger charge is 2.14. The van der Waals surface area contributed by atoms with E-state index in [1.165, 1.54) is 16.2 Å². The molecule has 0 amide bonds. The van der Waals surface area contributed by atoms with E-state index < -0.39 is 0 Å². The van der Waals surface area contributed by atoms with E-state index in [-0.39, 0.29) is 5.28 Å². The van der Waals surface area contributed by atoms with Gasteiger partial charge in [-0.2, -0.15) is 9.97 Å². The number of halogens is 1. The van der Waals surface area contributed by atoms with E-state index in [2.05, 4.69) is 76.7 Å². The molecule has 156 valence electrons. The Hall–Kier alpha value is -4.08.